The normalized spacial score (nSPS) is 15.9. The van der Waals surface area contributed by atoms with Crippen molar-refractivity contribution in [2.45, 2.75) is 38.8 Å². The van der Waals surface area contributed by atoms with Gasteiger partial charge in [0, 0.05) is 37.4 Å². The number of hydrogen-bond donors (Lipinski definition) is 0. The van der Waals surface area contributed by atoms with Crippen LogP contribution in [-0.2, 0) is 11.3 Å². The van der Waals surface area contributed by atoms with Gasteiger partial charge in [-0.1, -0.05) is 35.5 Å². The summed E-state index contributed by atoms with van der Waals surface area (Å²) in [6, 6.07) is 17.5. The predicted octanol–water partition coefficient (Wildman–Crippen LogP) is 5.02. The molecular weight excluding hydrogens is 430 g/mol. The minimum absolute atomic E-state index is 0.0717. The van der Waals surface area contributed by atoms with E-state index < -0.39 is 0 Å². The van der Waals surface area contributed by atoms with Crippen LogP contribution in [0.4, 0.5) is 5.88 Å². The largest absolute Gasteiger partial charge is 0.497 e. The fourth-order valence-corrected chi connectivity index (χ4v) is 4.45. The Bertz CT molecular complexity index is 1070. The molecule has 0 spiro atoms. The average molecular weight is 464 g/mol. The zero-order chi connectivity index (χ0) is 23.9. The van der Waals surface area contributed by atoms with Gasteiger partial charge in [-0.3, -0.25) is 4.79 Å². The van der Waals surface area contributed by atoms with Crippen LogP contribution in [-0.4, -0.2) is 55.9 Å². The maximum atomic E-state index is 13.5. The first-order valence-electron chi connectivity index (χ1n) is 11.8. The fraction of sp³-hybridized carbons (Fsp3) is 0.407. The van der Waals surface area contributed by atoms with Gasteiger partial charge in [0.15, 0.2) is 0 Å². The Balaban J connectivity index is 1.71. The Hall–Kier alpha value is -3.32. The van der Waals surface area contributed by atoms with Crippen molar-refractivity contribution < 1.29 is 18.8 Å². The Morgan fingerprint density at radius 1 is 1.12 bits per heavy atom. The number of anilines is 1. The van der Waals surface area contributed by atoms with Crippen molar-refractivity contribution in [3.63, 3.8) is 0 Å². The average Bonchev–Trinajstić information content (AvgIpc) is 3.30. The standard InChI is InChI=1S/C27H33N3O4/c1-20-9-7-8-16-30(20)27-24(25(28-34-27)21-10-5-4-6-11-21)19-29(17-18-32-2)26(31)22-12-14-23(33-3)15-13-22/h4-6,10-15,20H,7-9,16-19H2,1-3H3/t20-/m0/s1. The van der Waals surface area contributed by atoms with E-state index in [9.17, 15) is 4.79 Å². The molecule has 1 fully saturated rings. The molecule has 7 heteroatoms. The lowest BCUT2D eigenvalue weighted by Crippen LogP contribution is -2.39. The highest BCUT2D eigenvalue weighted by atomic mass is 16.5. The lowest BCUT2D eigenvalue weighted by Gasteiger charge is -2.34. The number of nitrogens with zero attached hydrogens (tertiary/aromatic N) is 3. The molecule has 3 aromatic rings. The van der Waals surface area contributed by atoms with Gasteiger partial charge < -0.3 is 23.8 Å². The second-order valence-corrected chi connectivity index (χ2v) is 8.67. The van der Waals surface area contributed by atoms with Gasteiger partial charge >= 0.3 is 0 Å². The van der Waals surface area contributed by atoms with E-state index in [1.54, 1.807) is 38.5 Å². The summed E-state index contributed by atoms with van der Waals surface area (Å²) < 4.78 is 16.5. The second kappa shape index (κ2) is 11.2. The van der Waals surface area contributed by atoms with Crippen LogP contribution in [0, 0.1) is 0 Å². The SMILES string of the molecule is COCCN(Cc1c(-c2ccccc2)noc1N1CCCC[C@@H]1C)C(=O)c1ccc(OC)cc1. The molecule has 1 saturated heterocycles. The molecule has 1 atom stereocenters. The molecule has 2 heterocycles. The van der Waals surface area contributed by atoms with Crippen molar-refractivity contribution >= 4 is 11.8 Å². The monoisotopic (exact) mass is 463 g/mol. The van der Waals surface area contributed by atoms with E-state index in [0.717, 1.165) is 42.1 Å². The minimum Gasteiger partial charge on any atom is -0.497 e. The van der Waals surface area contributed by atoms with Gasteiger partial charge in [-0.25, -0.2) is 0 Å². The Morgan fingerprint density at radius 3 is 2.56 bits per heavy atom. The van der Waals surface area contributed by atoms with Gasteiger partial charge in [0.25, 0.3) is 5.91 Å². The molecule has 34 heavy (non-hydrogen) atoms. The van der Waals surface area contributed by atoms with Crippen LogP contribution < -0.4 is 9.64 Å². The lowest BCUT2D eigenvalue weighted by atomic mass is 10.0. The first-order valence-corrected chi connectivity index (χ1v) is 11.8. The van der Waals surface area contributed by atoms with E-state index in [2.05, 4.69) is 17.0 Å². The molecule has 1 aliphatic rings. The fourth-order valence-electron chi connectivity index (χ4n) is 4.45. The van der Waals surface area contributed by atoms with Crippen molar-refractivity contribution in [2.75, 3.05) is 38.8 Å². The predicted molar refractivity (Wildman–Crippen MR) is 132 cm³/mol. The van der Waals surface area contributed by atoms with Gasteiger partial charge in [0.2, 0.25) is 5.88 Å². The number of hydrogen-bond acceptors (Lipinski definition) is 6. The van der Waals surface area contributed by atoms with Crippen LogP contribution >= 0.6 is 0 Å². The highest BCUT2D eigenvalue weighted by Crippen LogP contribution is 2.35. The molecule has 0 bridgehead atoms. The first kappa shape index (κ1) is 23.8. The smallest absolute Gasteiger partial charge is 0.254 e. The Morgan fingerprint density at radius 2 is 1.88 bits per heavy atom. The van der Waals surface area contributed by atoms with Gasteiger partial charge in [0.1, 0.15) is 11.4 Å². The summed E-state index contributed by atoms with van der Waals surface area (Å²) >= 11 is 0. The van der Waals surface area contributed by atoms with Crippen LogP contribution in [0.3, 0.4) is 0 Å². The molecule has 1 aliphatic heterocycles. The summed E-state index contributed by atoms with van der Waals surface area (Å²) in [5.74, 6) is 1.40. The highest BCUT2D eigenvalue weighted by molar-refractivity contribution is 5.94. The maximum absolute atomic E-state index is 13.5. The zero-order valence-corrected chi connectivity index (χ0v) is 20.2. The van der Waals surface area contributed by atoms with Crippen LogP contribution in [0.1, 0.15) is 42.1 Å². The van der Waals surface area contributed by atoms with E-state index in [1.165, 1.54) is 6.42 Å². The number of methoxy groups -OCH3 is 2. The molecule has 4 rings (SSSR count). The topological polar surface area (TPSA) is 68.0 Å². The number of benzene rings is 2. The number of aromatic nitrogens is 1. The molecule has 1 amide bonds. The molecular formula is C27H33N3O4. The summed E-state index contributed by atoms with van der Waals surface area (Å²) in [5.41, 5.74) is 3.28. The van der Waals surface area contributed by atoms with Crippen LogP contribution in [0.5, 0.6) is 5.75 Å². The number of rotatable bonds is 9. The van der Waals surface area contributed by atoms with Gasteiger partial charge in [-0.2, -0.15) is 0 Å². The molecule has 0 aliphatic carbocycles. The summed E-state index contributed by atoms with van der Waals surface area (Å²) in [6.45, 7) is 4.40. The number of carbonyl (C=O) groups is 1. The second-order valence-electron chi connectivity index (χ2n) is 8.67. The van der Waals surface area contributed by atoms with E-state index >= 15 is 0 Å². The molecule has 0 unspecified atom stereocenters. The van der Waals surface area contributed by atoms with Gasteiger partial charge in [-0.05, 0) is 50.5 Å². The zero-order valence-electron chi connectivity index (χ0n) is 20.2. The molecule has 2 aromatic carbocycles. The summed E-state index contributed by atoms with van der Waals surface area (Å²) in [5, 5.41) is 4.48. The number of ether oxygens (including phenoxy) is 2. The molecule has 180 valence electrons. The molecule has 0 radical (unpaired) electrons. The molecule has 7 nitrogen and oxygen atoms in total. The van der Waals surface area contributed by atoms with Crippen LogP contribution in [0.2, 0.25) is 0 Å². The third-order valence-corrected chi connectivity index (χ3v) is 6.42. The Kier molecular flexibility index (Phi) is 7.85. The maximum Gasteiger partial charge on any atom is 0.254 e. The van der Waals surface area contributed by atoms with Crippen LogP contribution in [0.15, 0.2) is 59.1 Å². The van der Waals surface area contributed by atoms with E-state index in [4.69, 9.17) is 14.0 Å². The lowest BCUT2D eigenvalue weighted by molar-refractivity contribution is 0.0680. The van der Waals surface area contributed by atoms with Crippen molar-refractivity contribution in [3.05, 3.63) is 65.7 Å². The van der Waals surface area contributed by atoms with Crippen molar-refractivity contribution in [1.29, 1.82) is 0 Å². The summed E-state index contributed by atoms with van der Waals surface area (Å²) in [6.07, 6.45) is 3.44. The van der Waals surface area contributed by atoms with E-state index in [0.29, 0.717) is 37.1 Å². The molecule has 0 saturated carbocycles. The van der Waals surface area contributed by atoms with Gasteiger partial charge in [-0.15, -0.1) is 0 Å². The van der Waals surface area contributed by atoms with E-state index in [1.807, 2.05) is 35.2 Å². The van der Waals surface area contributed by atoms with Crippen molar-refractivity contribution in [1.82, 2.24) is 10.1 Å². The van der Waals surface area contributed by atoms with Gasteiger partial charge in [0.05, 0.1) is 25.8 Å². The van der Waals surface area contributed by atoms with Crippen molar-refractivity contribution in [2.24, 2.45) is 0 Å². The number of piperidine rings is 1. The molecule has 0 N–H and O–H groups in total. The molecule has 1 aromatic heterocycles. The van der Waals surface area contributed by atoms with E-state index in [-0.39, 0.29) is 5.91 Å². The van der Waals surface area contributed by atoms with Crippen molar-refractivity contribution in [3.8, 4) is 17.0 Å². The Labute approximate surface area is 201 Å². The minimum atomic E-state index is -0.0717. The first-order chi connectivity index (χ1) is 16.6. The third kappa shape index (κ3) is 5.25. The quantitative estimate of drug-likeness (QED) is 0.444. The highest BCUT2D eigenvalue weighted by Gasteiger charge is 2.30. The summed E-state index contributed by atoms with van der Waals surface area (Å²) in [7, 11) is 3.26. The third-order valence-electron chi connectivity index (χ3n) is 6.42. The number of carbonyl (C=O) groups excluding carboxylic acids is 1. The van der Waals surface area contributed by atoms with Crippen LogP contribution in [0.25, 0.3) is 11.3 Å². The summed E-state index contributed by atoms with van der Waals surface area (Å²) in [4.78, 5) is 17.6. The number of amides is 1.